The summed E-state index contributed by atoms with van der Waals surface area (Å²) in [6.45, 7) is 12.9. The summed E-state index contributed by atoms with van der Waals surface area (Å²) in [5.74, 6) is 31.2. The lowest BCUT2D eigenvalue weighted by Crippen LogP contribution is -2.36. The zero-order chi connectivity index (χ0) is 103. The zero-order valence-electron chi connectivity index (χ0n) is 85.9. The summed E-state index contributed by atoms with van der Waals surface area (Å²) in [5.41, 5.74) is 0. The number of anilines is 3. The van der Waals surface area contributed by atoms with Gasteiger partial charge < -0.3 is 147 Å². The zero-order valence-corrected chi connectivity index (χ0v) is 85.9. The minimum atomic E-state index is -1.03. The van der Waals surface area contributed by atoms with Crippen molar-refractivity contribution in [1.29, 1.82) is 0 Å². The van der Waals surface area contributed by atoms with Crippen LogP contribution in [0.15, 0.2) is 0 Å². The lowest BCUT2D eigenvalue weighted by molar-refractivity contribution is -0.136. The molecule has 8 aliphatic rings. The Morgan fingerprint density at radius 3 is 0.719 bits per heavy atom. The Morgan fingerprint density at radius 1 is 0.253 bits per heavy atom. The number of ketones is 2. The summed E-state index contributed by atoms with van der Waals surface area (Å²) in [6, 6.07) is 0. The van der Waals surface area contributed by atoms with Gasteiger partial charge in [-0.3, -0.25) is 24.0 Å². The minimum absolute atomic E-state index is 0.00159. The number of carboxylic acids is 1. The highest BCUT2D eigenvalue weighted by atomic mass is 16.6. The van der Waals surface area contributed by atoms with E-state index in [-0.39, 0.29) is 264 Å². The molecule has 8 N–H and O–H groups in total. The van der Waals surface area contributed by atoms with E-state index < -0.39 is 30.3 Å². The first-order chi connectivity index (χ1) is 71.8. The molecule has 8 aliphatic carbocycles. The second kappa shape index (κ2) is 77.2. The molecule has 0 aromatic carbocycles. The SMILES string of the molecule is O=C(O)CCNc1nc(N(CCOCCOCCOCCOCCC(=O)CCCNC(=O)OCC2[C@H]3CCC#CCC[C@@H]23)CCOCCOCCOCCOCCC(=O)NCCNC(=O)OCC2[C@H]3CCC#CCC[C@@H]23)nc(N(CCOCCOCCOCCOCCC(=O)CCCNC(=O)OCC2[C@H]3CCC#CCC[C@@H]23)CCOCCOCCOCCOCCC(=O)NCCNC(=O)OCC2[C@H]3CCC#CCC[C@@H]23)n1. The van der Waals surface area contributed by atoms with E-state index in [4.69, 9.17) is 110 Å². The molecule has 0 bridgehead atoms. The van der Waals surface area contributed by atoms with Crippen molar-refractivity contribution in [2.24, 2.45) is 71.0 Å². The molecule has 0 spiro atoms. The number of hydrogen-bond donors (Lipinski definition) is 8. The van der Waals surface area contributed by atoms with Crippen molar-refractivity contribution in [2.75, 3.05) is 325 Å². The van der Waals surface area contributed by atoms with Gasteiger partial charge in [0, 0.05) is 162 Å². The molecule has 4 fully saturated rings. The number of nitrogens with zero attached hydrogens (tertiary/aromatic N) is 5. The van der Waals surface area contributed by atoms with Gasteiger partial charge in [-0.1, -0.05) is 0 Å². The number of aliphatic carboxylic acids is 1. The second-order valence-electron chi connectivity index (χ2n) is 36.9. The third kappa shape index (κ3) is 55.4. The summed E-state index contributed by atoms with van der Waals surface area (Å²) in [4.78, 5) is 129. The fraction of sp³-hybridized carbons (Fsp3) is 0.808. The van der Waals surface area contributed by atoms with Gasteiger partial charge in [0.1, 0.15) is 11.6 Å². The number of hydrogen-bond acceptors (Lipinski definition) is 35. The van der Waals surface area contributed by atoms with Gasteiger partial charge in [-0.2, -0.15) is 15.0 Å². The number of nitrogens with one attached hydrogen (secondary N) is 7. The van der Waals surface area contributed by atoms with Crippen molar-refractivity contribution >= 4 is 71.6 Å². The first kappa shape index (κ1) is 120. The number of Topliss-reactive ketones (excluding diaryl/α,β-unsaturated/α-hetero) is 2. The summed E-state index contributed by atoms with van der Waals surface area (Å²) < 4.78 is 115. The smallest absolute Gasteiger partial charge is 0.407 e. The highest BCUT2D eigenvalue weighted by molar-refractivity contribution is 5.79. The second-order valence-corrected chi connectivity index (χ2v) is 36.9. The molecule has 0 saturated heterocycles. The van der Waals surface area contributed by atoms with Gasteiger partial charge in [-0.05, 0) is 135 Å². The Labute approximate surface area is 861 Å². The average Bonchev–Trinajstić information content (AvgIpc) is 1.64. The summed E-state index contributed by atoms with van der Waals surface area (Å²) in [6.07, 6.45) is 16.1. The van der Waals surface area contributed by atoms with Crippen LogP contribution in [-0.4, -0.2) is 384 Å². The van der Waals surface area contributed by atoms with E-state index in [0.29, 0.717) is 215 Å². The number of amides is 6. The van der Waals surface area contributed by atoms with Crippen molar-refractivity contribution in [1.82, 2.24) is 46.9 Å². The summed E-state index contributed by atoms with van der Waals surface area (Å²) in [7, 11) is 0. The van der Waals surface area contributed by atoms with Crippen molar-refractivity contribution < 1.29 is 143 Å². The van der Waals surface area contributed by atoms with E-state index in [0.717, 1.165) is 103 Å². The van der Waals surface area contributed by atoms with E-state index in [9.17, 15) is 48.3 Å². The van der Waals surface area contributed by atoms with Crippen molar-refractivity contribution in [2.45, 2.75) is 161 Å². The Bertz CT molecular complexity index is 3610. The molecular formula is C104H164N12O30. The number of fused-ring (bicyclic) bond motifs is 4. The first-order valence-electron chi connectivity index (χ1n) is 53.3. The van der Waals surface area contributed by atoms with Gasteiger partial charge in [0.05, 0.1) is 244 Å². The van der Waals surface area contributed by atoms with Crippen molar-refractivity contribution in [3.05, 3.63) is 0 Å². The Kier molecular flexibility index (Phi) is 63.7. The molecule has 0 radical (unpaired) electrons. The van der Waals surface area contributed by atoms with Gasteiger partial charge in [-0.15, -0.1) is 47.4 Å². The van der Waals surface area contributed by atoms with Crippen molar-refractivity contribution in [3.8, 4) is 47.4 Å². The Balaban J connectivity index is 0.671. The highest BCUT2D eigenvalue weighted by Crippen LogP contribution is 2.55. The van der Waals surface area contributed by atoms with Crippen molar-refractivity contribution in [3.63, 3.8) is 0 Å². The van der Waals surface area contributed by atoms with Crippen LogP contribution in [0.5, 0.6) is 0 Å². The number of aromatic nitrogens is 3. The number of carbonyl (C=O) groups excluding carboxylic acids is 8. The van der Waals surface area contributed by atoms with Gasteiger partial charge >= 0.3 is 30.3 Å². The standard InChI is InChI=1S/C104H164N12O30/c117-81(19-17-34-108-101(123)143-77-91-83-21-9-1-2-10-22-84(83)91)30-45-127-53-61-135-69-73-139-65-57-131-49-41-115(43-51-133-59-67-141-75-71-137-63-55-129-47-32-95(119)105-37-39-110-103(125)145-79-93-87-25-13-5-6-14-26-88(87)93)99-112-98(107-36-29-97(121)122)113-100(114-99)116(42-50-132-58-66-140-74-70-136-62-54-128-46-31-82(118)20-18-35-109-102(124)144-78-92-85-23-11-3-4-12-24-86(85)92)44-52-134-60-68-142-76-72-138-64-56-130-48-33-96(120)106-38-40-111-104(126)146-80-94-89-27-15-7-8-16-28-90(89)94/h83-94H,9-80H2,(H,105,119)(H,106,120)(H,108,123)(H,109,124)(H,110,125)(H,111,126)(H,121,122)(H,107,112,113,114)/t83-,84+,85-,86+,87-,88+,89-,90+,91?,92?,93?,94?. The van der Waals surface area contributed by atoms with Crippen LogP contribution in [0.4, 0.5) is 37.0 Å². The van der Waals surface area contributed by atoms with E-state index in [1.54, 1.807) is 0 Å². The van der Waals surface area contributed by atoms with E-state index in [2.05, 4.69) is 84.6 Å². The van der Waals surface area contributed by atoms with Crippen LogP contribution >= 0.6 is 0 Å². The number of rotatable bonds is 88. The molecule has 42 nitrogen and oxygen atoms in total. The molecule has 12 atom stereocenters. The molecule has 0 aliphatic heterocycles. The van der Waals surface area contributed by atoms with Gasteiger partial charge in [0.25, 0.3) is 0 Å². The summed E-state index contributed by atoms with van der Waals surface area (Å²) in [5, 5.41) is 29.3. The van der Waals surface area contributed by atoms with Crippen LogP contribution in [0.3, 0.4) is 0 Å². The quantitative estimate of drug-likeness (QED) is 0.0189. The average molecular weight is 2060 g/mol. The Morgan fingerprint density at radius 2 is 0.473 bits per heavy atom. The van der Waals surface area contributed by atoms with Crippen LogP contribution in [-0.2, 0) is 119 Å². The summed E-state index contributed by atoms with van der Waals surface area (Å²) >= 11 is 0. The molecule has 820 valence electrons. The largest absolute Gasteiger partial charge is 0.481 e. The maximum absolute atomic E-state index is 12.5. The molecule has 1 aromatic rings. The predicted octanol–water partition coefficient (Wildman–Crippen LogP) is 6.79. The monoisotopic (exact) mass is 2060 g/mol. The molecule has 1 heterocycles. The molecule has 42 heteroatoms. The van der Waals surface area contributed by atoms with Crippen LogP contribution in [0.25, 0.3) is 0 Å². The van der Waals surface area contributed by atoms with Crippen LogP contribution in [0, 0.1) is 118 Å². The lowest BCUT2D eigenvalue weighted by atomic mass is 10.1. The normalized spacial score (nSPS) is 20.5. The first-order valence-corrected chi connectivity index (χ1v) is 53.3. The third-order valence-corrected chi connectivity index (χ3v) is 26.5. The number of carbonyl (C=O) groups is 9. The molecule has 9 rings (SSSR count). The number of alkyl carbamates (subject to hydrolysis) is 4. The topological polar surface area (TPSA) is 488 Å². The third-order valence-electron chi connectivity index (χ3n) is 26.5. The molecule has 6 amide bonds. The number of ether oxygens (including phenoxy) is 20. The molecule has 146 heavy (non-hydrogen) atoms. The molecular weight excluding hydrogens is 1900 g/mol. The van der Waals surface area contributed by atoms with Crippen LogP contribution in [0.1, 0.15) is 161 Å². The maximum atomic E-state index is 12.5. The van der Waals surface area contributed by atoms with Gasteiger partial charge in [0.2, 0.25) is 29.7 Å². The van der Waals surface area contributed by atoms with E-state index in [1.165, 1.54) is 0 Å². The highest BCUT2D eigenvalue weighted by Gasteiger charge is 2.52. The predicted molar refractivity (Wildman–Crippen MR) is 535 cm³/mol. The molecule has 4 saturated carbocycles. The fourth-order valence-corrected chi connectivity index (χ4v) is 18.2. The Hall–Kier alpha value is -9.16. The number of carboxylic acid groups (broad SMARTS) is 1. The van der Waals surface area contributed by atoms with E-state index >= 15 is 0 Å². The van der Waals surface area contributed by atoms with Crippen LogP contribution in [0.2, 0.25) is 0 Å². The van der Waals surface area contributed by atoms with E-state index in [1.807, 2.05) is 9.80 Å². The van der Waals surface area contributed by atoms with Crippen LogP contribution < -0.4 is 47.0 Å². The van der Waals surface area contributed by atoms with Gasteiger partial charge in [0.15, 0.2) is 0 Å². The minimum Gasteiger partial charge on any atom is -0.481 e. The lowest BCUT2D eigenvalue weighted by Gasteiger charge is -2.27. The fourth-order valence-electron chi connectivity index (χ4n) is 18.2. The maximum Gasteiger partial charge on any atom is 0.407 e. The molecule has 4 unspecified atom stereocenters. The van der Waals surface area contributed by atoms with Gasteiger partial charge in [-0.25, -0.2) is 19.2 Å². The molecule has 1 aromatic heterocycles.